The summed E-state index contributed by atoms with van der Waals surface area (Å²) in [7, 11) is 0. The van der Waals surface area contributed by atoms with Crippen molar-refractivity contribution < 1.29 is 19.4 Å². The molecule has 1 spiro atoms. The van der Waals surface area contributed by atoms with Crippen molar-refractivity contribution in [1.82, 2.24) is 10.2 Å². The lowest BCUT2D eigenvalue weighted by Gasteiger charge is -2.44. The van der Waals surface area contributed by atoms with Crippen LogP contribution in [0.15, 0.2) is 24.3 Å². The summed E-state index contributed by atoms with van der Waals surface area (Å²) in [6.07, 6.45) is 6.01. The second kappa shape index (κ2) is 8.34. The first-order valence-electron chi connectivity index (χ1n) is 10.9. The van der Waals surface area contributed by atoms with Gasteiger partial charge in [-0.05, 0) is 63.0 Å². The first-order chi connectivity index (χ1) is 13.9. The first kappa shape index (κ1) is 20.2. The lowest BCUT2D eigenvalue weighted by atomic mass is 9.73. The summed E-state index contributed by atoms with van der Waals surface area (Å²) in [4.78, 5) is 26.9. The highest BCUT2D eigenvalue weighted by atomic mass is 16.5. The van der Waals surface area contributed by atoms with Gasteiger partial charge in [0.15, 0.2) is 6.61 Å². The number of aliphatic hydroxyl groups is 1. The molecule has 2 N–H and O–H groups in total. The third kappa shape index (κ3) is 4.42. The first-order valence-corrected chi connectivity index (χ1v) is 10.9. The van der Waals surface area contributed by atoms with Gasteiger partial charge in [0.2, 0.25) is 5.91 Å². The molecule has 6 nitrogen and oxygen atoms in total. The fraction of sp³-hybridized carbons (Fsp3) is 0.652. The lowest BCUT2D eigenvalue weighted by molar-refractivity contribution is -0.137. The minimum absolute atomic E-state index is 0.0248. The number of nitrogens with one attached hydrogen (secondary N) is 1. The molecule has 3 fully saturated rings. The highest BCUT2D eigenvalue weighted by molar-refractivity contribution is 5.80. The van der Waals surface area contributed by atoms with Gasteiger partial charge in [0.25, 0.3) is 5.91 Å². The quantitative estimate of drug-likeness (QED) is 0.796. The normalized spacial score (nSPS) is 28.1. The molecule has 2 saturated carbocycles. The van der Waals surface area contributed by atoms with Crippen molar-refractivity contribution in [2.75, 3.05) is 19.7 Å². The van der Waals surface area contributed by atoms with Gasteiger partial charge in [-0.15, -0.1) is 0 Å². The van der Waals surface area contributed by atoms with E-state index in [0.29, 0.717) is 12.8 Å². The van der Waals surface area contributed by atoms with Crippen LogP contribution in [0, 0.1) is 18.3 Å². The number of hydrogen-bond donors (Lipinski definition) is 2. The number of aryl methyl sites for hydroxylation is 1. The molecule has 158 valence electrons. The second-order valence-corrected chi connectivity index (χ2v) is 9.12. The van der Waals surface area contributed by atoms with Gasteiger partial charge >= 0.3 is 0 Å². The van der Waals surface area contributed by atoms with Gasteiger partial charge in [-0.3, -0.25) is 9.59 Å². The number of carbonyl (C=O) groups excluding carboxylic acids is 2. The number of benzene rings is 1. The van der Waals surface area contributed by atoms with E-state index in [1.807, 2.05) is 36.1 Å². The van der Waals surface area contributed by atoms with Crippen molar-refractivity contribution in [2.24, 2.45) is 11.3 Å². The zero-order valence-corrected chi connectivity index (χ0v) is 17.2. The fourth-order valence-electron chi connectivity index (χ4n) is 5.13. The number of likely N-dealkylation sites (tertiary alicyclic amines) is 1. The number of nitrogens with zero attached hydrogens (tertiary/aromatic N) is 1. The summed E-state index contributed by atoms with van der Waals surface area (Å²) in [6.45, 7) is 3.54. The largest absolute Gasteiger partial charge is 0.484 e. The maximum absolute atomic E-state index is 12.6. The number of ether oxygens (including phenoxy) is 1. The molecule has 1 aromatic carbocycles. The predicted molar refractivity (Wildman–Crippen MR) is 109 cm³/mol. The molecule has 6 heteroatoms. The Bertz CT molecular complexity index is 734. The molecular formula is C23H32N2O4. The SMILES string of the molecule is Cc1ccc(OCC(=O)N2CCC3(CCCC3NC(=O)C3CC(O)C3)CC2)cc1. The topological polar surface area (TPSA) is 78.9 Å². The Morgan fingerprint density at radius 2 is 1.86 bits per heavy atom. The smallest absolute Gasteiger partial charge is 0.260 e. The summed E-state index contributed by atoms with van der Waals surface area (Å²) in [5, 5.41) is 12.7. The Kier molecular flexibility index (Phi) is 5.81. The maximum atomic E-state index is 12.6. The van der Waals surface area contributed by atoms with Crippen LogP contribution in [0.25, 0.3) is 0 Å². The van der Waals surface area contributed by atoms with Gasteiger partial charge in [-0.1, -0.05) is 24.1 Å². The Hall–Kier alpha value is -2.08. The molecule has 29 heavy (non-hydrogen) atoms. The van der Waals surface area contributed by atoms with Crippen molar-refractivity contribution in [2.45, 2.75) is 64.0 Å². The third-order valence-corrected chi connectivity index (χ3v) is 7.20. The highest BCUT2D eigenvalue weighted by Crippen LogP contribution is 2.46. The molecule has 2 aliphatic carbocycles. The van der Waals surface area contributed by atoms with Crippen LogP contribution in [-0.2, 0) is 9.59 Å². The molecule has 1 heterocycles. The van der Waals surface area contributed by atoms with E-state index in [9.17, 15) is 14.7 Å². The van der Waals surface area contributed by atoms with Crippen LogP contribution in [-0.4, -0.2) is 53.7 Å². The summed E-state index contributed by atoms with van der Waals surface area (Å²) in [6, 6.07) is 7.93. The van der Waals surface area contributed by atoms with Gasteiger partial charge in [0.05, 0.1) is 6.10 Å². The monoisotopic (exact) mass is 400 g/mol. The minimum atomic E-state index is -0.306. The van der Waals surface area contributed by atoms with Crippen LogP contribution in [0.3, 0.4) is 0 Å². The Morgan fingerprint density at radius 1 is 1.17 bits per heavy atom. The Labute approximate surface area is 172 Å². The molecule has 4 rings (SSSR count). The van der Waals surface area contributed by atoms with Gasteiger partial charge < -0.3 is 20.1 Å². The molecule has 3 aliphatic rings. The Balaban J connectivity index is 1.26. The summed E-state index contributed by atoms with van der Waals surface area (Å²) in [5.74, 6) is 0.828. The number of hydrogen-bond acceptors (Lipinski definition) is 4. The molecule has 1 aromatic rings. The minimum Gasteiger partial charge on any atom is -0.484 e. The predicted octanol–water partition coefficient (Wildman–Crippen LogP) is 2.42. The van der Waals surface area contributed by atoms with Crippen molar-refractivity contribution in [3.8, 4) is 5.75 Å². The third-order valence-electron chi connectivity index (χ3n) is 7.20. The zero-order valence-electron chi connectivity index (χ0n) is 17.2. The van der Waals surface area contributed by atoms with E-state index in [0.717, 1.165) is 56.5 Å². The van der Waals surface area contributed by atoms with Crippen LogP contribution in [0.5, 0.6) is 5.75 Å². The molecule has 1 atom stereocenters. The molecule has 1 aliphatic heterocycles. The number of amides is 2. The van der Waals surface area contributed by atoms with E-state index in [2.05, 4.69) is 5.32 Å². The van der Waals surface area contributed by atoms with E-state index in [4.69, 9.17) is 4.74 Å². The average molecular weight is 401 g/mol. The van der Waals surface area contributed by atoms with Gasteiger partial charge in [0.1, 0.15) is 5.75 Å². The number of aliphatic hydroxyl groups excluding tert-OH is 1. The van der Waals surface area contributed by atoms with E-state index < -0.39 is 0 Å². The second-order valence-electron chi connectivity index (χ2n) is 9.12. The molecule has 0 radical (unpaired) electrons. The number of carbonyl (C=O) groups is 2. The van der Waals surface area contributed by atoms with Crippen LogP contribution in [0.4, 0.5) is 0 Å². The van der Waals surface area contributed by atoms with Crippen LogP contribution in [0.1, 0.15) is 50.5 Å². The van der Waals surface area contributed by atoms with Crippen molar-refractivity contribution in [1.29, 1.82) is 0 Å². The molecule has 0 bridgehead atoms. The summed E-state index contributed by atoms with van der Waals surface area (Å²) < 4.78 is 5.65. The van der Waals surface area contributed by atoms with E-state index in [-0.39, 0.29) is 41.9 Å². The van der Waals surface area contributed by atoms with E-state index in [1.54, 1.807) is 0 Å². The van der Waals surface area contributed by atoms with Crippen molar-refractivity contribution in [3.05, 3.63) is 29.8 Å². The molecule has 2 amide bonds. The summed E-state index contributed by atoms with van der Waals surface area (Å²) >= 11 is 0. The molecule has 1 unspecified atom stereocenters. The van der Waals surface area contributed by atoms with Gasteiger partial charge in [0, 0.05) is 25.0 Å². The fourth-order valence-corrected chi connectivity index (χ4v) is 5.13. The van der Waals surface area contributed by atoms with Crippen molar-refractivity contribution >= 4 is 11.8 Å². The van der Waals surface area contributed by atoms with Gasteiger partial charge in [-0.2, -0.15) is 0 Å². The zero-order chi connectivity index (χ0) is 20.4. The standard InChI is InChI=1S/C23H32N2O4/c1-16-4-6-19(7-5-16)29-15-21(27)25-11-9-23(10-12-25)8-2-3-20(23)24-22(28)17-13-18(26)14-17/h4-7,17-18,20,26H,2-3,8-15H2,1H3,(H,24,28). The van der Waals surface area contributed by atoms with E-state index in [1.165, 1.54) is 0 Å². The maximum Gasteiger partial charge on any atom is 0.260 e. The molecular weight excluding hydrogens is 368 g/mol. The number of rotatable bonds is 5. The summed E-state index contributed by atoms with van der Waals surface area (Å²) in [5.41, 5.74) is 1.28. The van der Waals surface area contributed by atoms with Crippen molar-refractivity contribution in [3.63, 3.8) is 0 Å². The van der Waals surface area contributed by atoms with Crippen LogP contribution < -0.4 is 10.1 Å². The van der Waals surface area contributed by atoms with Gasteiger partial charge in [-0.25, -0.2) is 0 Å². The molecule has 0 aromatic heterocycles. The highest BCUT2D eigenvalue weighted by Gasteiger charge is 2.47. The lowest BCUT2D eigenvalue weighted by Crippen LogP contribution is -2.54. The molecule has 1 saturated heterocycles. The Morgan fingerprint density at radius 3 is 2.52 bits per heavy atom. The average Bonchev–Trinajstić information content (AvgIpc) is 3.07. The van der Waals surface area contributed by atoms with Crippen LogP contribution >= 0.6 is 0 Å². The number of piperidine rings is 1. The van der Waals surface area contributed by atoms with E-state index >= 15 is 0 Å². The van der Waals surface area contributed by atoms with Crippen LogP contribution in [0.2, 0.25) is 0 Å².